The maximum atomic E-state index is 5.65. The molecule has 0 amide bonds. The van der Waals surface area contributed by atoms with E-state index in [9.17, 15) is 0 Å². The lowest BCUT2D eigenvalue weighted by molar-refractivity contribution is 0.0553. The van der Waals surface area contributed by atoms with Crippen molar-refractivity contribution >= 4 is 11.0 Å². The number of rotatable bonds is 3. The van der Waals surface area contributed by atoms with Crippen LogP contribution in [0.5, 0.6) is 0 Å². The molecule has 2 nitrogen and oxygen atoms in total. The molecular weight excluding hydrogens is 188 g/mol. The number of furan rings is 1. The fourth-order valence-electron chi connectivity index (χ4n) is 1.54. The summed E-state index contributed by atoms with van der Waals surface area (Å²) in [6.45, 7) is 6.67. The fraction of sp³-hybridized carbons (Fsp3) is 0.385. The van der Waals surface area contributed by atoms with Crippen molar-refractivity contribution in [1.29, 1.82) is 0 Å². The monoisotopic (exact) mass is 204 g/mol. The van der Waals surface area contributed by atoms with E-state index in [1.54, 1.807) is 0 Å². The van der Waals surface area contributed by atoms with E-state index in [-0.39, 0.29) is 6.10 Å². The van der Waals surface area contributed by atoms with E-state index in [0.717, 1.165) is 16.7 Å². The van der Waals surface area contributed by atoms with Crippen molar-refractivity contribution < 1.29 is 9.15 Å². The minimum Gasteiger partial charge on any atom is -0.459 e. The van der Waals surface area contributed by atoms with E-state index < -0.39 is 0 Å². The van der Waals surface area contributed by atoms with Gasteiger partial charge in [0.2, 0.25) is 0 Å². The van der Waals surface area contributed by atoms with Crippen LogP contribution in [0, 0.1) is 6.92 Å². The van der Waals surface area contributed by atoms with Crippen molar-refractivity contribution in [2.75, 3.05) is 0 Å². The largest absolute Gasteiger partial charge is 0.459 e. The zero-order valence-corrected chi connectivity index (χ0v) is 9.41. The van der Waals surface area contributed by atoms with Gasteiger partial charge in [-0.05, 0) is 39.0 Å². The lowest BCUT2D eigenvalue weighted by Gasteiger charge is -2.03. The molecule has 0 unspecified atom stereocenters. The minimum atomic E-state index is 0.236. The third-order valence-electron chi connectivity index (χ3n) is 2.28. The molecule has 1 aromatic heterocycles. The predicted octanol–water partition coefficient (Wildman–Crippen LogP) is 3.67. The average Bonchev–Trinajstić information content (AvgIpc) is 2.56. The third-order valence-corrected chi connectivity index (χ3v) is 2.28. The van der Waals surface area contributed by atoms with Crippen LogP contribution in [-0.2, 0) is 11.3 Å². The van der Waals surface area contributed by atoms with Gasteiger partial charge in [-0.3, -0.25) is 0 Å². The molecule has 0 N–H and O–H groups in total. The molecule has 0 saturated carbocycles. The Morgan fingerprint density at radius 2 is 2.07 bits per heavy atom. The molecule has 0 atom stereocenters. The molecule has 1 aromatic carbocycles. The van der Waals surface area contributed by atoms with Crippen LogP contribution >= 0.6 is 0 Å². The molecule has 0 spiro atoms. The molecule has 0 radical (unpaired) electrons. The highest BCUT2D eigenvalue weighted by Gasteiger charge is 2.04. The van der Waals surface area contributed by atoms with Gasteiger partial charge < -0.3 is 9.15 Å². The summed E-state index contributed by atoms with van der Waals surface area (Å²) in [6, 6.07) is 8.23. The van der Waals surface area contributed by atoms with Crippen molar-refractivity contribution in [3.05, 3.63) is 35.6 Å². The molecule has 0 aliphatic rings. The van der Waals surface area contributed by atoms with E-state index >= 15 is 0 Å². The molecule has 0 fully saturated rings. The van der Waals surface area contributed by atoms with Crippen LogP contribution in [0.2, 0.25) is 0 Å². The summed E-state index contributed by atoms with van der Waals surface area (Å²) < 4.78 is 11.1. The second kappa shape index (κ2) is 4.07. The Kier molecular flexibility index (Phi) is 2.78. The normalized spacial score (nSPS) is 11.5. The third kappa shape index (κ3) is 2.39. The number of benzene rings is 1. The fourth-order valence-corrected chi connectivity index (χ4v) is 1.54. The summed E-state index contributed by atoms with van der Waals surface area (Å²) in [7, 11) is 0. The van der Waals surface area contributed by atoms with Gasteiger partial charge >= 0.3 is 0 Å². The Balaban J connectivity index is 2.23. The summed E-state index contributed by atoms with van der Waals surface area (Å²) in [4.78, 5) is 0. The van der Waals surface area contributed by atoms with Crippen LogP contribution in [0.3, 0.4) is 0 Å². The summed E-state index contributed by atoms with van der Waals surface area (Å²) in [5, 5.41) is 1.15. The number of fused-ring (bicyclic) bond motifs is 1. The van der Waals surface area contributed by atoms with Gasteiger partial charge in [-0.2, -0.15) is 0 Å². The number of aryl methyl sites for hydroxylation is 1. The summed E-state index contributed by atoms with van der Waals surface area (Å²) in [5.74, 6) is 0.893. The first-order valence-corrected chi connectivity index (χ1v) is 5.26. The van der Waals surface area contributed by atoms with Gasteiger partial charge in [0.1, 0.15) is 18.0 Å². The van der Waals surface area contributed by atoms with E-state index in [0.29, 0.717) is 6.61 Å². The molecule has 0 aliphatic heterocycles. The highest BCUT2D eigenvalue weighted by atomic mass is 16.5. The van der Waals surface area contributed by atoms with Crippen LogP contribution < -0.4 is 0 Å². The average molecular weight is 204 g/mol. The van der Waals surface area contributed by atoms with E-state index in [2.05, 4.69) is 19.1 Å². The van der Waals surface area contributed by atoms with Crippen molar-refractivity contribution in [2.24, 2.45) is 0 Å². The predicted molar refractivity (Wildman–Crippen MR) is 60.9 cm³/mol. The van der Waals surface area contributed by atoms with E-state index in [4.69, 9.17) is 9.15 Å². The number of hydrogen-bond acceptors (Lipinski definition) is 2. The van der Waals surface area contributed by atoms with Gasteiger partial charge in [-0.15, -0.1) is 0 Å². The van der Waals surface area contributed by atoms with Crippen LogP contribution in [0.1, 0.15) is 25.2 Å². The van der Waals surface area contributed by atoms with Gasteiger partial charge in [-0.25, -0.2) is 0 Å². The molecule has 1 heterocycles. The highest BCUT2D eigenvalue weighted by molar-refractivity contribution is 5.78. The standard InChI is InChI=1S/C13H16O2/c1-9(2)14-8-12-7-11-6-10(3)4-5-13(11)15-12/h4-7,9H,8H2,1-3H3. The van der Waals surface area contributed by atoms with Crippen LogP contribution in [0.4, 0.5) is 0 Å². The summed E-state index contributed by atoms with van der Waals surface area (Å²) >= 11 is 0. The molecular formula is C13H16O2. The van der Waals surface area contributed by atoms with E-state index in [1.807, 2.05) is 26.0 Å². The highest BCUT2D eigenvalue weighted by Crippen LogP contribution is 2.21. The molecule has 0 aliphatic carbocycles. The van der Waals surface area contributed by atoms with Gasteiger partial charge in [-0.1, -0.05) is 11.6 Å². The molecule has 15 heavy (non-hydrogen) atoms. The Hall–Kier alpha value is -1.28. The maximum Gasteiger partial charge on any atom is 0.134 e. The molecule has 0 saturated heterocycles. The van der Waals surface area contributed by atoms with Gasteiger partial charge in [0, 0.05) is 5.39 Å². The Morgan fingerprint density at radius 1 is 1.27 bits per heavy atom. The second-order valence-electron chi connectivity index (χ2n) is 4.11. The van der Waals surface area contributed by atoms with Gasteiger partial charge in [0.05, 0.1) is 6.10 Å². The zero-order chi connectivity index (χ0) is 10.8. The minimum absolute atomic E-state index is 0.236. The molecule has 2 rings (SSSR count). The quantitative estimate of drug-likeness (QED) is 0.761. The van der Waals surface area contributed by atoms with Crippen LogP contribution in [0.25, 0.3) is 11.0 Å². The second-order valence-corrected chi connectivity index (χ2v) is 4.11. The lowest BCUT2D eigenvalue weighted by Crippen LogP contribution is -2.01. The lowest BCUT2D eigenvalue weighted by atomic mass is 10.2. The van der Waals surface area contributed by atoms with Crippen molar-refractivity contribution in [1.82, 2.24) is 0 Å². The number of ether oxygens (including phenoxy) is 1. The van der Waals surface area contributed by atoms with Crippen molar-refractivity contribution in [2.45, 2.75) is 33.5 Å². The Morgan fingerprint density at radius 3 is 2.80 bits per heavy atom. The summed E-state index contributed by atoms with van der Waals surface area (Å²) in [6.07, 6.45) is 0.236. The Labute approximate surface area is 89.8 Å². The number of hydrogen-bond donors (Lipinski definition) is 0. The molecule has 2 aromatic rings. The Bertz CT molecular complexity index is 455. The maximum absolute atomic E-state index is 5.65. The van der Waals surface area contributed by atoms with Crippen molar-refractivity contribution in [3.8, 4) is 0 Å². The first kappa shape index (κ1) is 10.2. The van der Waals surface area contributed by atoms with Gasteiger partial charge in [0.15, 0.2) is 0 Å². The zero-order valence-electron chi connectivity index (χ0n) is 9.41. The summed E-state index contributed by atoms with van der Waals surface area (Å²) in [5.41, 5.74) is 2.18. The molecule has 2 heteroatoms. The van der Waals surface area contributed by atoms with Gasteiger partial charge in [0.25, 0.3) is 0 Å². The van der Waals surface area contributed by atoms with Crippen molar-refractivity contribution in [3.63, 3.8) is 0 Å². The first-order valence-electron chi connectivity index (χ1n) is 5.26. The van der Waals surface area contributed by atoms with Crippen LogP contribution in [0.15, 0.2) is 28.7 Å². The van der Waals surface area contributed by atoms with E-state index in [1.165, 1.54) is 5.56 Å². The smallest absolute Gasteiger partial charge is 0.134 e. The van der Waals surface area contributed by atoms with Crippen LogP contribution in [-0.4, -0.2) is 6.10 Å². The SMILES string of the molecule is Cc1ccc2oc(COC(C)C)cc2c1. The molecule has 0 bridgehead atoms. The molecule has 80 valence electrons. The topological polar surface area (TPSA) is 22.4 Å². The first-order chi connectivity index (χ1) is 7.15.